The summed E-state index contributed by atoms with van der Waals surface area (Å²) >= 11 is 0. The Morgan fingerprint density at radius 1 is 1.14 bits per heavy atom. The van der Waals surface area contributed by atoms with Gasteiger partial charge in [-0.05, 0) is 72.7 Å². The van der Waals surface area contributed by atoms with E-state index in [0.717, 1.165) is 17.5 Å². The van der Waals surface area contributed by atoms with Crippen LogP contribution in [0.15, 0.2) is 42.7 Å². The van der Waals surface area contributed by atoms with Crippen LogP contribution in [0.5, 0.6) is 0 Å². The average Bonchev–Trinajstić information content (AvgIpc) is 3.59. The Balaban J connectivity index is 1.15. The lowest BCUT2D eigenvalue weighted by Crippen LogP contribution is -2.48. The largest absolute Gasteiger partial charge is 0.416 e. The normalized spacial score (nSPS) is 29.1. The summed E-state index contributed by atoms with van der Waals surface area (Å²) in [6.45, 7) is 0.147. The molecule has 1 aliphatic heterocycles. The third-order valence-electron chi connectivity index (χ3n) is 9.84. The molecule has 0 saturated heterocycles. The molecular weight excluding hydrogens is 557 g/mol. The van der Waals surface area contributed by atoms with Crippen molar-refractivity contribution in [3.05, 3.63) is 76.4 Å². The fraction of sp³-hybridized carbons (Fsp3) is 0.500. The summed E-state index contributed by atoms with van der Waals surface area (Å²) in [6, 6.07) is 9.86. The molecule has 7 rings (SSSR count). The minimum absolute atomic E-state index is 0.00903. The molecule has 1 spiro atoms. The Morgan fingerprint density at radius 2 is 1.90 bits per heavy atom. The molecule has 1 aromatic heterocycles. The molecule has 2 aromatic carbocycles. The number of aromatic nitrogens is 3. The molecule has 222 valence electrons. The Labute approximate surface area is 239 Å². The topological polar surface area (TPSA) is 72.3 Å². The van der Waals surface area contributed by atoms with Crippen LogP contribution in [0.2, 0.25) is 0 Å². The van der Waals surface area contributed by atoms with E-state index in [0.29, 0.717) is 37.1 Å². The van der Waals surface area contributed by atoms with E-state index in [1.54, 1.807) is 25.6 Å². The average molecular weight is 588 g/mol. The van der Waals surface area contributed by atoms with E-state index < -0.39 is 34.4 Å². The van der Waals surface area contributed by atoms with E-state index >= 15 is 0 Å². The summed E-state index contributed by atoms with van der Waals surface area (Å²) in [5.41, 5.74) is -0.641. The fourth-order valence-corrected chi connectivity index (χ4v) is 7.21. The Morgan fingerprint density at radius 3 is 2.52 bits per heavy atom. The van der Waals surface area contributed by atoms with Gasteiger partial charge < -0.3 is 19.5 Å². The SMILES string of the molecule is CO[C@H]1C[C@](c2cccc(N3Cc4c(cc(CNCC5CC56CC6(F)F)cc4C(F)(F)F)C3=O)c2)(c2nncn2C)C1. The van der Waals surface area contributed by atoms with Gasteiger partial charge in [-0.2, -0.15) is 13.2 Å². The number of nitrogens with one attached hydrogen (secondary N) is 1. The molecule has 42 heavy (non-hydrogen) atoms. The van der Waals surface area contributed by atoms with Crippen molar-refractivity contribution < 1.29 is 31.5 Å². The number of alkyl halides is 5. The molecule has 2 unspecified atom stereocenters. The highest BCUT2D eigenvalue weighted by Gasteiger charge is 2.82. The van der Waals surface area contributed by atoms with Crippen LogP contribution in [-0.4, -0.2) is 46.4 Å². The van der Waals surface area contributed by atoms with Crippen LogP contribution in [0, 0.1) is 11.3 Å². The number of rotatable bonds is 8. The van der Waals surface area contributed by atoms with Gasteiger partial charge in [0, 0.05) is 43.8 Å². The maximum atomic E-state index is 14.2. The van der Waals surface area contributed by atoms with Crippen molar-refractivity contribution in [3.8, 4) is 0 Å². The number of ether oxygens (including phenoxy) is 1. The van der Waals surface area contributed by atoms with E-state index in [4.69, 9.17) is 4.74 Å². The number of halogens is 5. The Kier molecular flexibility index (Phi) is 5.92. The third kappa shape index (κ3) is 4.09. The predicted octanol–water partition coefficient (Wildman–Crippen LogP) is 5.22. The quantitative estimate of drug-likeness (QED) is 0.366. The van der Waals surface area contributed by atoms with Crippen LogP contribution in [0.4, 0.5) is 27.6 Å². The van der Waals surface area contributed by atoms with Gasteiger partial charge >= 0.3 is 6.18 Å². The van der Waals surface area contributed by atoms with Crippen molar-refractivity contribution in [1.29, 1.82) is 0 Å². The fourth-order valence-electron chi connectivity index (χ4n) is 7.21. The molecular formula is C30H30F5N5O2. The molecule has 1 amide bonds. The molecule has 0 bridgehead atoms. The van der Waals surface area contributed by atoms with E-state index in [9.17, 15) is 26.7 Å². The number of hydrogen-bond donors (Lipinski definition) is 1. The molecule has 2 heterocycles. The van der Waals surface area contributed by atoms with Crippen molar-refractivity contribution in [2.45, 2.75) is 62.4 Å². The first kappa shape index (κ1) is 27.5. The Bertz CT molecular complexity index is 1580. The molecule has 3 saturated carbocycles. The lowest BCUT2D eigenvalue weighted by Gasteiger charge is -2.46. The standard InChI is InChI=1S/C30H30F5N5O2/c1-39-16-37-38-26(39)27(10-21(11-27)42-2)18-4-3-5-20(8-18)40-14-23-22(25(40)41)6-17(7-24(23)30(33,34)35)12-36-13-19-9-28(19)15-29(28,31)32/h3-8,16,19,21,36H,9-15H2,1-2H3/t19?,21-,27-,28?. The van der Waals surface area contributed by atoms with Gasteiger partial charge in [-0.25, -0.2) is 8.78 Å². The van der Waals surface area contributed by atoms with Crippen molar-refractivity contribution in [3.63, 3.8) is 0 Å². The number of amides is 1. The van der Waals surface area contributed by atoms with Gasteiger partial charge in [0.25, 0.3) is 11.8 Å². The molecule has 3 aromatic rings. The highest BCUT2D eigenvalue weighted by Crippen LogP contribution is 2.78. The zero-order valence-corrected chi connectivity index (χ0v) is 23.1. The maximum absolute atomic E-state index is 14.2. The van der Waals surface area contributed by atoms with Gasteiger partial charge in [0.1, 0.15) is 12.2 Å². The van der Waals surface area contributed by atoms with Gasteiger partial charge in [0.15, 0.2) is 0 Å². The monoisotopic (exact) mass is 587 g/mol. The van der Waals surface area contributed by atoms with E-state index in [1.807, 2.05) is 23.7 Å². The second kappa shape index (κ2) is 9.06. The summed E-state index contributed by atoms with van der Waals surface area (Å²) in [6.07, 6.45) is -1.38. The zero-order valence-electron chi connectivity index (χ0n) is 23.1. The van der Waals surface area contributed by atoms with Gasteiger partial charge in [-0.1, -0.05) is 12.1 Å². The number of benzene rings is 2. The van der Waals surface area contributed by atoms with Crippen LogP contribution in [0.1, 0.15) is 64.1 Å². The van der Waals surface area contributed by atoms with Crippen LogP contribution < -0.4 is 10.2 Å². The van der Waals surface area contributed by atoms with Gasteiger partial charge in [-0.15, -0.1) is 10.2 Å². The molecule has 2 atom stereocenters. The van der Waals surface area contributed by atoms with Crippen LogP contribution in [0.3, 0.4) is 0 Å². The predicted molar refractivity (Wildman–Crippen MR) is 142 cm³/mol. The number of hydrogen-bond acceptors (Lipinski definition) is 5. The molecule has 7 nitrogen and oxygen atoms in total. The molecule has 12 heteroatoms. The van der Waals surface area contributed by atoms with E-state index in [-0.39, 0.29) is 42.7 Å². The van der Waals surface area contributed by atoms with Crippen molar-refractivity contribution in [2.24, 2.45) is 18.4 Å². The van der Waals surface area contributed by atoms with Gasteiger partial charge in [0.05, 0.1) is 23.6 Å². The van der Waals surface area contributed by atoms with Crippen molar-refractivity contribution in [1.82, 2.24) is 20.1 Å². The molecule has 3 fully saturated rings. The van der Waals surface area contributed by atoms with E-state index in [2.05, 4.69) is 15.5 Å². The van der Waals surface area contributed by atoms with Crippen LogP contribution in [0.25, 0.3) is 0 Å². The number of nitrogens with zero attached hydrogens (tertiary/aromatic N) is 4. The lowest BCUT2D eigenvalue weighted by molar-refractivity contribution is -0.138. The molecule has 4 aliphatic rings. The smallest absolute Gasteiger partial charge is 0.381 e. The second-order valence-electron chi connectivity index (χ2n) is 12.3. The third-order valence-corrected chi connectivity index (χ3v) is 9.84. The number of carbonyl (C=O) groups excluding carboxylic acids is 1. The summed E-state index contributed by atoms with van der Waals surface area (Å²) in [5, 5.41) is 11.4. The first-order valence-electron chi connectivity index (χ1n) is 14.0. The number of anilines is 1. The number of methoxy groups -OCH3 is 1. The van der Waals surface area contributed by atoms with Crippen molar-refractivity contribution >= 4 is 11.6 Å². The highest BCUT2D eigenvalue weighted by molar-refractivity contribution is 6.10. The Hall–Kier alpha value is -3.38. The van der Waals surface area contributed by atoms with Crippen LogP contribution in [-0.2, 0) is 36.5 Å². The molecule has 3 aliphatic carbocycles. The number of carbonyl (C=O) groups is 1. The van der Waals surface area contributed by atoms with Crippen LogP contribution >= 0.6 is 0 Å². The van der Waals surface area contributed by atoms with Crippen molar-refractivity contribution in [2.75, 3.05) is 18.6 Å². The highest BCUT2D eigenvalue weighted by atomic mass is 19.4. The first-order chi connectivity index (χ1) is 19.9. The zero-order chi connectivity index (χ0) is 29.7. The summed E-state index contributed by atoms with van der Waals surface area (Å²) in [7, 11) is 3.51. The molecule has 1 N–H and O–H groups in total. The summed E-state index contributed by atoms with van der Waals surface area (Å²) in [4.78, 5) is 15.0. The second-order valence-corrected chi connectivity index (χ2v) is 12.3. The lowest BCUT2D eigenvalue weighted by atomic mass is 9.62. The van der Waals surface area contributed by atoms with E-state index in [1.165, 1.54) is 11.0 Å². The summed E-state index contributed by atoms with van der Waals surface area (Å²) < 4.78 is 77.1. The summed E-state index contributed by atoms with van der Waals surface area (Å²) in [5.74, 6) is -2.55. The number of fused-ring (bicyclic) bond motifs is 1. The maximum Gasteiger partial charge on any atom is 0.416 e. The molecule has 0 radical (unpaired) electrons. The first-order valence-corrected chi connectivity index (χ1v) is 14.0. The number of aryl methyl sites for hydroxylation is 1. The van der Waals surface area contributed by atoms with Gasteiger partial charge in [-0.3, -0.25) is 4.79 Å². The minimum atomic E-state index is -4.66. The van der Waals surface area contributed by atoms with Gasteiger partial charge in [0.2, 0.25) is 0 Å². The minimum Gasteiger partial charge on any atom is -0.381 e.